The molecule has 0 aliphatic rings. The normalized spacial score (nSPS) is 12.3. The number of nitrogens with zero attached hydrogens (tertiary/aromatic N) is 1. The van der Waals surface area contributed by atoms with Crippen LogP contribution in [-0.4, -0.2) is 19.2 Å². The number of nitriles is 1. The van der Waals surface area contributed by atoms with Crippen molar-refractivity contribution >= 4 is 11.5 Å². The zero-order chi connectivity index (χ0) is 23.2. The molecule has 0 aliphatic heterocycles. The number of unbranched alkanes of at least 4 members (excludes halogenated alkanes) is 5. The van der Waals surface area contributed by atoms with Gasteiger partial charge < -0.3 is 9.47 Å². The van der Waals surface area contributed by atoms with Gasteiger partial charge in [0.05, 0.1) is 7.11 Å². The molecule has 0 N–H and O–H groups in total. The van der Waals surface area contributed by atoms with Crippen LogP contribution in [0.25, 0.3) is 5.57 Å². The molecule has 1 unspecified atom stereocenters. The third kappa shape index (κ3) is 7.42. The molecule has 0 bridgehead atoms. The van der Waals surface area contributed by atoms with Crippen molar-refractivity contribution in [2.75, 3.05) is 7.11 Å². The molecular formula is C28H33NO3. The van der Waals surface area contributed by atoms with Crippen LogP contribution in [-0.2, 0) is 9.53 Å². The molecule has 0 spiro atoms. The molecule has 4 nitrogen and oxygen atoms in total. The first-order chi connectivity index (χ1) is 15.6. The zero-order valence-corrected chi connectivity index (χ0v) is 19.2. The Bertz CT molecular complexity index is 923. The smallest absolute Gasteiger partial charge is 0.350 e. The number of rotatable bonds is 13. The van der Waals surface area contributed by atoms with Gasteiger partial charge in [0, 0.05) is 5.57 Å². The summed E-state index contributed by atoms with van der Waals surface area (Å²) in [6, 6.07) is 18.8. The van der Waals surface area contributed by atoms with Crippen molar-refractivity contribution in [1.29, 1.82) is 5.26 Å². The molecule has 2 rings (SSSR count). The number of esters is 1. The second-order valence-corrected chi connectivity index (χ2v) is 7.69. The zero-order valence-electron chi connectivity index (χ0n) is 19.2. The Morgan fingerprint density at radius 3 is 2.22 bits per heavy atom. The standard InChI is InChI=1S/C28H33NO3/c1-4-6-7-8-9-13-16-24(5-2)32-28(30)26(21-29)27(22-14-11-10-12-15-22)23-17-19-25(31-3)20-18-23/h5,10-12,14-15,17-20,24H,2,4,6-9,13,16H2,1,3H3/b27-26-. The van der Waals surface area contributed by atoms with Gasteiger partial charge in [0.25, 0.3) is 0 Å². The highest BCUT2D eigenvalue weighted by atomic mass is 16.5. The third-order valence-corrected chi connectivity index (χ3v) is 5.37. The molecule has 168 valence electrons. The van der Waals surface area contributed by atoms with E-state index in [9.17, 15) is 10.1 Å². The predicted molar refractivity (Wildman–Crippen MR) is 129 cm³/mol. The molecule has 0 radical (unpaired) electrons. The van der Waals surface area contributed by atoms with E-state index in [1.54, 1.807) is 13.2 Å². The van der Waals surface area contributed by atoms with Gasteiger partial charge in [-0.1, -0.05) is 94.1 Å². The summed E-state index contributed by atoms with van der Waals surface area (Å²) in [7, 11) is 1.60. The molecule has 0 saturated carbocycles. The summed E-state index contributed by atoms with van der Waals surface area (Å²) in [6.45, 7) is 6.02. The Kier molecular flexibility index (Phi) is 10.8. The van der Waals surface area contributed by atoms with E-state index in [2.05, 4.69) is 19.6 Å². The van der Waals surface area contributed by atoms with E-state index in [1.807, 2.05) is 54.6 Å². The fraction of sp³-hybridized carbons (Fsp3) is 0.357. The van der Waals surface area contributed by atoms with Crippen LogP contribution in [0.4, 0.5) is 0 Å². The molecule has 2 aromatic carbocycles. The highest BCUT2D eigenvalue weighted by Crippen LogP contribution is 2.29. The number of hydrogen-bond donors (Lipinski definition) is 0. The molecule has 0 aromatic heterocycles. The van der Waals surface area contributed by atoms with Gasteiger partial charge in [-0.05, 0) is 36.1 Å². The largest absolute Gasteiger partial charge is 0.497 e. The molecule has 0 saturated heterocycles. The number of hydrogen-bond acceptors (Lipinski definition) is 4. The van der Waals surface area contributed by atoms with Gasteiger partial charge in [0.15, 0.2) is 0 Å². The SMILES string of the molecule is C=CC(CCCCCCCC)OC(=O)/C(C#N)=C(/c1ccccc1)c1ccc(OC)cc1. The number of carbonyl (C=O) groups excluding carboxylic acids is 1. The van der Waals surface area contributed by atoms with E-state index in [1.165, 1.54) is 25.7 Å². The van der Waals surface area contributed by atoms with Gasteiger partial charge in [-0.15, -0.1) is 0 Å². The first kappa shape index (κ1) is 24.9. The fourth-order valence-electron chi connectivity index (χ4n) is 3.57. The van der Waals surface area contributed by atoms with Gasteiger partial charge in [-0.25, -0.2) is 4.79 Å². The quantitative estimate of drug-likeness (QED) is 0.114. The predicted octanol–water partition coefficient (Wildman–Crippen LogP) is 6.87. The van der Waals surface area contributed by atoms with E-state index >= 15 is 0 Å². The summed E-state index contributed by atoms with van der Waals surface area (Å²) >= 11 is 0. The molecule has 0 amide bonds. The van der Waals surface area contributed by atoms with Crippen LogP contribution in [0, 0.1) is 11.3 Å². The molecule has 2 aromatic rings. The number of ether oxygens (including phenoxy) is 2. The van der Waals surface area contributed by atoms with Crippen LogP contribution < -0.4 is 4.74 Å². The number of carbonyl (C=O) groups is 1. The van der Waals surface area contributed by atoms with Gasteiger partial charge >= 0.3 is 5.97 Å². The van der Waals surface area contributed by atoms with Crippen molar-refractivity contribution in [3.8, 4) is 11.8 Å². The second kappa shape index (κ2) is 13.9. The van der Waals surface area contributed by atoms with E-state index in [-0.39, 0.29) is 5.57 Å². The van der Waals surface area contributed by atoms with E-state index in [0.29, 0.717) is 17.7 Å². The summed E-state index contributed by atoms with van der Waals surface area (Å²) in [5, 5.41) is 9.91. The molecule has 0 aliphatic carbocycles. The Morgan fingerprint density at radius 1 is 1.00 bits per heavy atom. The molecule has 1 atom stereocenters. The van der Waals surface area contributed by atoms with E-state index in [0.717, 1.165) is 24.0 Å². The second-order valence-electron chi connectivity index (χ2n) is 7.69. The minimum absolute atomic E-state index is 0.0174. The minimum atomic E-state index is -0.627. The highest BCUT2D eigenvalue weighted by Gasteiger charge is 2.22. The fourth-order valence-corrected chi connectivity index (χ4v) is 3.57. The van der Waals surface area contributed by atoms with Crippen LogP contribution in [0.3, 0.4) is 0 Å². The maximum Gasteiger partial charge on any atom is 0.350 e. The maximum atomic E-state index is 13.1. The monoisotopic (exact) mass is 431 g/mol. The average molecular weight is 432 g/mol. The van der Waals surface area contributed by atoms with Gasteiger partial charge in [0.2, 0.25) is 0 Å². The topological polar surface area (TPSA) is 59.3 Å². The van der Waals surface area contributed by atoms with Crippen molar-refractivity contribution in [2.24, 2.45) is 0 Å². The summed E-state index contributed by atoms with van der Waals surface area (Å²) in [5.74, 6) is 0.0750. The number of benzene rings is 2. The third-order valence-electron chi connectivity index (χ3n) is 5.37. The summed E-state index contributed by atoms with van der Waals surface area (Å²) in [4.78, 5) is 13.1. The minimum Gasteiger partial charge on any atom is -0.497 e. The lowest BCUT2D eigenvalue weighted by molar-refractivity contribution is -0.141. The Balaban J connectivity index is 2.25. The van der Waals surface area contributed by atoms with Gasteiger partial charge in [-0.3, -0.25) is 0 Å². The molecule has 4 heteroatoms. The van der Waals surface area contributed by atoms with Crippen molar-refractivity contribution < 1.29 is 14.3 Å². The maximum absolute atomic E-state index is 13.1. The highest BCUT2D eigenvalue weighted by molar-refractivity contribution is 6.05. The lowest BCUT2D eigenvalue weighted by atomic mass is 9.93. The Hall–Kier alpha value is -3.32. The molecule has 0 fully saturated rings. The van der Waals surface area contributed by atoms with Crippen LogP contribution in [0.15, 0.2) is 72.8 Å². The van der Waals surface area contributed by atoms with Gasteiger partial charge in [0.1, 0.15) is 23.5 Å². The summed E-state index contributed by atoms with van der Waals surface area (Å²) in [6.07, 6.45) is 8.90. The molecule has 32 heavy (non-hydrogen) atoms. The first-order valence-corrected chi connectivity index (χ1v) is 11.3. The van der Waals surface area contributed by atoms with Crippen LogP contribution in [0.1, 0.15) is 63.0 Å². The molecule has 0 heterocycles. The Labute approximate surface area is 192 Å². The molecular weight excluding hydrogens is 398 g/mol. The van der Waals surface area contributed by atoms with Gasteiger partial charge in [-0.2, -0.15) is 5.26 Å². The van der Waals surface area contributed by atoms with Crippen molar-refractivity contribution in [1.82, 2.24) is 0 Å². The lowest BCUT2D eigenvalue weighted by Crippen LogP contribution is -2.18. The average Bonchev–Trinajstić information content (AvgIpc) is 2.84. The summed E-state index contributed by atoms with van der Waals surface area (Å²) in [5.41, 5.74) is 2.05. The van der Waals surface area contributed by atoms with Crippen LogP contribution in [0.2, 0.25) is 0 Å². The lowest BCUT2D eigenvalue weighted by Gasteiger charge is -2.16. The number of methoxy groups -OCH3 is 1. The van der Waals surface area contributed by atoms with Crippen LogP contribution >= 0.6 is 0 Å². The van der Waals surface area contributed by atoms with E-state index in [4.69, 9.17) is 9.47 Å². The Morgan fingerprint density at radius 2 is 1.62 bits per heavy atom. The summed E-state index contributed by atoms with van der Waals surface area (Å²) < 4.78 is 10.9. The first-order valence-electron chi connectivity index (χ1n) is 11.3. The van der Waals surface area contributed by atoms with Crippen molar-refractivity contribution in [3.05, 3.63) is 84.0 Å². The van der Waals surface area contributed by atoms with Crippen LogP contribution in [0.5, 0.6) is 5.75 Å². The van der Waals surface area contributed by atoms with Crippen molar-refractivity contribution in [3.63, 3.8) is 0 Å². The van der Waals surface area contributed by atoms with Crippen molar-refractivity contribution in [2.45, 2.75) is 58.0 Å². The van der Waals surface area contributed by atoms with E-state index < -0.39 is 12.1 Å².